The van der Waals surface area contributed by atoms with Gasteiger partial charge in [0.05, 0.1) is 6.10 Å². The molecule has 0 heterocycles. The van der Waals surface area contributed by atoms with E-state index in [2.05, 4.69) is 47.6 Å². The van der Waals surface area contributed by atoms with Gasteiger partial charge in [-0.2, -0.15) is 0 Å². The van der Waals surface area contributed by atoms with Crippen molar-refractivity contribution in [2.45, 2.75) is 118 Å². The first-order chi connectivity index (χ1) is 14.2. The molecule has 0 aromatic carbocycles. The van der Waals surface area contributed by atoms with Gasteiger partial charge in [0.2, 0.25) is 0 Å². The van der Waals surface area contributed by atoms with Crippen molar-refractivity contribution >= 4 is 0 Å². The molecule has 0 bridgehead atoms. The topological polar surface area (TPSA) is 20.2 Å². The molecule has 0 amide bonds. The number of hydrogen-bond donors (Lipinski definition) is 1. The first-order valence-electron chi connectivity index (χ1n) is 13.6. The van der Waals surface area contributed by atoms with E-state index in [9.17, 15) is 5.11 Å². The number of hydrogen-bond acceptors (Lipinski definition) is 1. The number of rotatable bonds is 6. The van der Waals surface area contributed by atoms with Gasteiger partial charge in [-0.25, -0.2) is 0 Å². The molecule has 3 saturated carbocycles. The second kappa shape index (κ2) is 8.57. The SMILES string of the molecule is CC[C@H](CC[C@@H](C)[C@H]1CC[C@H]2[C@@H]3CC=C4C[C@H](O)CC[C@]4(C)[C@@H]3CC[C@]12C)C(C)C. The van der Waals surface area contributed by atoms with Crippen LogP contribution in [0.2, 0.25) is 0 Å². The van der Waals surface area contributed by atoms with Crippen molar-refractivity contribution in [3.63, 3.8) is 0 Å². The van der Waals surface area contributed by atoms with E-state index in [0.29, 0.717) is 10.8 Å². The van der Waals surface area contributed by atoms with Gasteiger partial charge < -0.3 is 5.11 Å². The highest BCUT2D eigenvalue weighted by Gasteiger charge is 2.59. The van der Waals surface area contributed by atoms with E-state index >= 15 is 0 Å². The van der Waals surface area contributed by atoms with Crippen LogP contribution in [-0.2, 0) is 0 Å². The fourth-order valence-corrected chi connectivity index (χ4v) is 9.30. The van der Waals surface area contributed by atoms with E-state index in [-0.39, 0.29) is 6.10 Å². The molecule has 0 spiro atoms. The summed E-state index contributed by atoms with van der Waals surface area (Å²) < 4.78 is 0. The third-order valence-corrected chi connectivity index (χ3v) is 11.3. The van der Waals surface area contributed by atoms with Gasteiger partial charge in [0.25, 0.3) is 0 Å². The van der Waals surface area contributed by atoms with Crippen molar-refractivity contribution < 1.29 is 5.11 Å². The Kier molecular flexibility index (Phi) is 6.53. The van der Waals surface area contributed by atoms with Gasteiger partial charge in [-0.05, 0) is 110 Å². The third-order valence-electron chi connectivity index (χ3n) is 11.3. The van der Waals surface area contributed by atoms with Crippen molar-refractivity contribution in [2.24, 2.45) is 52.3 Å². The maximum absolute atomic E-state index is 10.2. The second-order valence-corrected chi connectivity index (χ2v) is 12.9. The number of aliphatic hydroxyl groups is 1. The first kappa shape index (κ1) is 22.9. The summed E-state index contributed by atoms with van der Waals surface area (Å²) in [6.45, 7) is 15.1. The molecule has 1 nitrogen and oxygen atoms in total. The van der Waals surface area contributed by atoms with Gasteiger partial charge >= 0.3 is 0 Å². The highest BCUT2D eigenvalue weighted by atomic mass is 16.3. The monoisotopic (exact) mass is 414 g/mol. The van der Waals surface area contributed by atoms with Gasteiger partial charge in [0.1, 0.15) is 0 Å². The Morgan fingerprint density at radius 2 is 1.77 bits per heavy atom. The Bertz CT molecular complexity index is 634. The highest BCUT2D eigenvalue weighted by molar-refractivity contribution is 5.25. The zero-order valence-electron chi connectivity index (χ0n) is 20.9. The average Bonchev–Trinajstić information content (AvgIpc) is 3.06. The summed E-state index contributed by atoms with van der Waals surface area (Å²) in [5.74, 6) is 6.31. The zero-order chi connectivity index (χ0) is 21.7. The van der Waals surface area contributed by atoms with Gasteiger partial charge in [-0.15, -0.1) is 0 Å². The second-order valence-electron chi connectivity index (χ2n) is 12.9. The molecule has 30 heavy (non-hydrogen) atoms. The van der Waals surface area contributed by atoms with Crippen LogP contribution in [0.4, 0.5) is 0 Å². The molecular weight excluding hydrogens is 364 g/mol. The van der Waals surface area contributed by atoms with Crippen molar-refractivity contribution in [3.05, 3.63) is 11.6 Å². The fraction of sp³-hybridized carbons (Fsp3) is 0.931. The largest absolute Gasteiger partial charge is 0.393 e. The Hall–Kier alpha value is -0.300. The molecule has 172 valence electrons. The summed E-state index contributed by atoms with van der Waals surface area (Å²) in [5, 5.41) is 10.2. The summed E-state index contributed by atoms with van der Waals surface area (Å²) in [4.78, 5) is 0. The molecular formula is C29H50O. The molecule has 0 radical (unpaired) electrons. The lowest BCUT2D eigenvalue weighted by Crippen LogP contribution is -2.50. The average molecular weight is 415 g/mol. The molecule has 3 fully saturated rings. The lowest BCUT2D eigenvalue weighted by atomic mass is 9.47. The summed E-state index contributed by atoms with van der Waals surface area (Å²) in [6, 6.07) is 0. The van der Waals surface area contributed by atoms with Crippen LogP contribution in [0.5, 0.6) is 0 Å². The lowest BCUT2D eigenvalue weighted by molar-refractivity contribution is -0.0575. The molecule has 0 aromatic rings. The number of fused-ring (bicyclic) bond motifs is 5. The minimum absolute atomic E-state index is 0.0794. The van der Waals surface area contributed by atoms with Crippen molar-refractivity contribution in [1.29, 1.82) is 0 Å². The maximum atomic E-state index is 10.2. The molecule has 1 N–H and O–H groups in total. The fourth-order valence-electron chi connectivity index (χ4n) is 9.30. The molecule has 0 unspecified atom stereocenters. The van der Waals surface area contributed by atoms with Gasteiger partial charge in [-0.3, -0.25) is 0 Å². The van der Waals surface area contributed by atoms with Gasteiger partial charge in [-0.1, -0.05) is 66.0 Å². The number of aliphatic hydroxyl groups excluding tert-OH is 1. The maximum Gasteiger partial charge on any atom is 0.0577 e. The quantitative estimate of drug-likeness (QED) is 0.436. The molecule has 4 aliphatic rings. The summed E-state index contributed by atoms with van der Waals surface area (Å²) in [6.07, 6.45) is 17.1. The molecule has 4 rings (SSSR count). The summed E-state index contributed by atoms with van der Waals surface area (Å²) in [7, 11) is 0. The van der Waals surface area contributed by atoms with Crippen LogP contribution in [0.3, 0.4) is 0 Å². The highest BCUT2D eigenvalue weighted by Crippen LogP contribution is 2.67. The van der Waals surface area contributed by atoms with Crippen molar-refractivity contribution in [3.8, 4) is 0 Å². The van der Waals surface area contributed by atoms with Crippen LogP contribution in [-0.4, -0.2) is 11.2 Å². The van der Waals surface area contributed by atoms with Crippen molar-refractivity contribution in [2.75, 3.05) is 0 Å². The van der Waals surface area contributed by atoms with Crippen LogP contribution in [0.1, 0.15) is 112 Å². The third kappa shape index (κ3) is 3.74. The molecule has 1 heteroatoms. The predicted molar refractivity (Wildman–Crippen MR) is 128 cm³/mol. The molecule has 0 aromatic heterocycles. The summed E-state index contributed by atoms with van der Waals surface area (Å²) >= 11 is 0. The molecule has 4 aliphatic carbocycles. The molecule has 0 saturated heterocycles. The van der Waals surface area contributed by atoms with E-state index in [1.54, 1.807) is 5.57 Å². The smallest absolute Gasteiger partial charge is 0.0577 e. The minimum atomic E-state index is -0.0794. The van der Waals surface area contributed by atoms with Crippen LogP contribution < -0.4 is 0 Å². The Labute approximate surface area is 187 Å². The van der Waals surface area contributed by atoms with E-state index in [1.165, 1.54) is 57.8 Å². The number of allylic oxidation sites excluding steroid dienone is 1. The summed E-state index contributed by atoms with van der Waals surface area (Å²) in [5.41, 5.74) is 2.59. The Morgan fingerprint density at radius 3 is 2.47 bits per heavy atom. The van der Waals surface area contributed by atoms with Crippen LogP contribution in [0.15, 0.2) is 11.6 Å². The predicted octanol–water partition coefficient (Wildman–Crippen LogP) is 8.02. The van der Waals surface area contributed by atoms with Gasteiger partial charge in [0.15, 0.2) is 0 Å². The van der Waals surface area contributed by atoms with Crippen molar-refractivity contribution in [1.82, 2.24) is 0 Å². The van der Waals surface area contributed by atoms with E-state index in [1.807, 2.05) is 0 Å². The lowest BCUT2D eigenvalue weighted by Gasteiger charge is -2.58. The molecule has 0 aliphatic heterocycles. The van der Waals surface area contributed by atoms with Crippen LogP contribution >= 0.6 is 0 Å². The van der Waals surface area contributed by atoms with Crippen LogP contribution in [0, 0.1) is 52.3 Å². The minimum Gasteiger partial charge on any atom is -0.393 e. The first-order valence-corrected chi connectivity index (χ1v) is 13.6. The van der Waals surface area contributed by atoms with E-state index in [0.717, 1.165) is 54.3 Å². The normalized spacial score (nSPS) is 45.3. The Morgan fingerprint density at radius 1 is 1.00 bits per heavy atom. The van der Waals surface area contributed by atoms with Crippen LogP contribution in [0.25, 0.3) is 0 Å². The van der Waals surface area contributed by atoms with E-state index < -0.39 is 0 Å². The zero-order valence-corrected chi connectivity index (χ0v) is 20.9. The Balaban J connectivity index is 1.47. The van der Waals surface area contributed by atoms with E-state index in [4.69, 9.17) is 0 Å². The molecule has 9 atom stereocenters. The van der Waals surface area contributed by atoms with Gasteiger partial charge in [0, 0.05) is 0 Å². The standard InChI is InChI=1S/C29H50O/c1-7-21(19(2)3)9-8-20(4)25-12-13-26-24-11-10-22-18-23(30)14-16-28(22,5)27(24)15-17-29(25,26)6/h10,19-21,23-27,30H,7-9,11-18H2,1-6H3/t20-,21-,23-,24+,25-,26+,27-,28+,29-/m1/s1.